The Hall–Kier alpha value is -2.76. The number of aromatic nitrogens is 2. The van der Waals surface area contributed by atoms with E-state index >= 15 is 0 Å². The molecule has 1 amide bonds. The van der Waals surface area contributed by atoms with Gasteiger partial charge in [0.1, 0.15) is 12.0 Å². The molecule has 0 fully saturated rings. The smallest absolute Gasteiger partial charge is 0.274 e. The van der Waals surface area contributed by atoms with Crippen LogP contribution in [-0.4, -0.2) is 35.8 Å². The lowest BCUT2D eigenvalue weighted by Crippen LogP contribution is -2.23. The molecule has 0 saturated carbocycles. The molecule has 6 heteroatoms. The maximum absolute atomic E-state index is 12.0. The van der Waals surface area contributed by atoms with Crippen LogP contribution >= 0.6 is 0 Å². The molecule has 108 valence electrons. The minimum absolute atomic E-state index is 0.259. The molecule has 0 radical (unpaired) electrons. The van der Waals surface area contributed by atoms with E-state index in [0.29, 0.717) is 11.4 Å². The van der Waals surface area contributed by atoms with Crippen LogP contribution in [0.15, 0.2) is 47.8 Å². The lowest BCUT2D eigenvalue weighted by molar-refractivity contribution is 0.102. The fourth-order valence-corrected chi connectivity index (χ4v) is 1.73. The largest absolute Gasteiger partial charge is 0.334 e. The van der Waals surface area contributed by atoms with Crippen molar-refractivity contribution >= 4 is 23.1 Å². The quantitative estimate of drug-likeness (QED) is 0.692. The summed E-state index contributed by atoms with van der Waals surface area (Å²) in [5.41, 5.74) is 2.04. The van der Waals surface area contributed by atoms with E-state index in [4.69, 9.17) is 0 Å². The maximum atomic E-state index is 12.0. The van der Waals surface area contributed by atoms with Gasteiger partial charge in [0.2, 0.25) is 0 Å². The van der Waals surface area contributed by atoms with Gasteiger partial charge in [-0.05, 0) is 37.3 Å². The summed E-state index contributed by atoms with van der Waals surface area (Å²) in [6.45, 7) is 1.94. The van der Waals surface area contributed by atoms with E-state index in [2.05, 4.69) is 20.3 Å². The van der Waals surface area contributed by atoms with Crippen LogP contribution in [0.3, 0.4) is 0 Å². The number of carbonyl (C=O) groups excluding carboxylic acids is 1. The van der Waals surface area contributed by atoms with Crippen molar-refractivity contribution in [3.63, 3.8) is 0 Å². The summed E-state index contributed by atoms with van der Waals surface area (Å²) in [4.78, 5) is 25.7. The summed E-state index contributed by atoms with van der Waals surface area (Å²) < 4.78 is 0. The van der Waals surface area contributed by atoms with Crippen LogP contribution in [0, 0.1) is 0 Å². The van der Waals surface area contributed by atoms with E-state index in [9.17, 15) is 4.79 Å². The molecule has 1 aromatic carbocycles. The number of hydrogen-bond acceptors (Lipinski definition) is 4. The van der Waals surface area contributed by atoms with Crippen LogP contribution in [0.25, 0.3) is 0 Å². The minimum atomic E-state index is -0.259. The molecule has 21 heavy (non-hydrogen) atoms. The van der Waals surface area contributed by atoms with Crippen molar-refractivity contribution in [3.8, 4) is 0 Å². The van der Waals surface area contributed by atoms with Crippen LogP contribution in [0.4, 0.5) is 11.4 Å². The van der Waals surface area contributed by atoms with Gasteiger partial charge in [-0.3, -0.25) is 9.79 Å². The highest BCUT2D eigenvalue weighted by Gasteiger charge is 2.08. The van der Waals surface area contributed by atoms with Gasteiger partial charge in [0.25, 0.3) is 5.91 Å². The zero-order valence-electron chi connectivity index (χ0n) is 12.2. The summed E-state index contributed by atoms with van der Waals surface area (Å²) >= 11 is 0. The second-order valence-corrected chi connectivity index (χ2v) is 4.43. The summed E-state index contributed by atoms with van der Waals surface area (Å²) in [6, 6.07) is 9.09. The Morgan fingerprint density at radius 3 is 2.52 bits per heavy atom. The van der Waals surface area contributed by atoms with Crippen LogP contribution in [-0.2, 0) is 0 Å². The predicted molar refractivity (Wildman–Crippen MR) is 83.9 cm³/mol. The second-order valence-electron chi connectivity index (χ2n) is 4.43. The van der Waals surface area contributed by atoms with Gasteiger partial charge in [0.15, 0.2) is 0 Å². The minimum Gasteiger partial charge on any atom is -0.334 e. The first-order valence-electron chi connectivity index (χ1n) is 6.46. The molecular formula is C15H17N5O. The Morgan fingerprint density at radius 2 is 1.95 bits per heavy atom. The molecule has 0 aliphatic heterocycles. The normalized spacial score (nSPS) is 11.1. The zero-order chi connectivity index (χ0) is 15.2. The molecule has 0 unspecified atom stereocenters. The van der Waals surface area contributed by atoms with Gasteiger partial charge in [-0.15, -0.1) is 0 Å². The van der Waals surface area contributed by atoms with Crippen molar-refractivity contribution in [1.29, 1.82) is 0 Å². The zero-order valence-corrected chi connectivity index (χ0v) is 12.2. The van der Waals surface area contributed by atoms with Crippen molar-refractivity contribution in [2.75, 3.05) is 24.3 Å². The molecule has 2 aromatic rings. The van der Waals surface area contributed by atoms with E-state index in [-0.39, 0.29) is 5.91 Å². The fraction of sp³-hybridized carbons (Fsp3) is 0.200. The Balaban J connectivity index is 2.08. The van der Waals surface area contributed by atoms with Crippen molar-refractivity contribution in [2.45, 2.75) is 6.92 Å². The summed E-state index contributed by atoms with van der Waals surface area (Å²) in [7, 11) is 3.69. The Bertz CT molecular complexity index is 637. The molecule has 0 atom stereocenters. The molecular weight excluding hydrogens is 266 g/mol. The SMILES string of the molecule is CN=C(C)N(C)c1ccc(NC(=O)c2ccncn2)cc1. The van der Waals surface area contributed by atoms with Gasteiger partial charge in [0, 0.05) is 31.7 Å². The molecule has 6 nitrogen and oxygen atoms in total. The van der Waals surface area contributed by atoms with Crippen LogP contribution in [0.5, 0.6) is 0 Å². The molecule has 0 bridgehead atoms. The fourth-order valence-electron chi connectivity index (χ4n) is 1.73. The van der Waals surface area contributed by atoms with E-state index in [1.165, 1.54) is 12.5 Å². The highest BCUT2D eigenvalue weighted by molar-refractivity contribution is 6.03. The van der Waals surface area contributed by atoms with E-state index in [0.717, 1.165) is 11.5 Å². The number of amidine groups is 1. The van der Waals surface area contributed by atoms with Gasteiger partial charge < -0.3 is 10.2 Å². The molecule has 1 aromatic heterocycles. The monoisotopic (exact) mass is 283 g/mol. The lowest BCUT2D eigenvalue weighted by atomic mass is 10.2. The molecule has 1 N–H and O–H groups in total. The number of hydrogen-bond donors (Lipinski definition) is 1. The summed E-state index contributed by atoms with van der Waals surface area (Å²) in [5, 5.41) is 2.79. The second kappa shape index (κ2) is 6.60. The molecule has 1 heterocycles. The molecule has 0 spiro atoms. The third-order valence-corrected chi connectivity index (χ3v) is 3.14. The van der Waals surface area contributed by atoms with Gasteiger partial charge in [-0.25, -0.2) is 9.97 Å². The first-order valence-corrected chi connectivity index (χ1v) is 6.46. The van der Waals surface area contributed by atoms with Crippen molar-refractivity contribution in [3.05, 3.63) is 48.5 Å². The third-order valence-electron chi connectivity index (χ3n) is 3.14. The highest BCUT2D eigenvalue weighted by Crippen LogP contribution is 2.17. The molecule has 2 rings (SSSR count). The van der Waals surface area contributed by atoms with Crippen LogP contribution in [0.2, 0.25) is 0 Å². The van der Waals surface area contributed by atoms with Crippen molar-refractivity contribution in [1.82, 2.24) is 9.97 Å². The van der Waals surface area contributed by atoms with E-state index in [1.807, 2.05) is 43.1 Å². The summed E-state index contributed by atoms with van der Waals surface area (Å²) in [6.07, 6.45) is 2.88. The average molecular weight is 283 g/mol. The van der Waals surface area contributed by atoms with Crippen LogP contribution in [0.1, 0.15) is 17.4 Å². The standard InChI is InChI=1S/C15H17N5O/c1-11(16-2)20(3)13-6-4-12(5-7-13)19-15(21)14-8-9-17-10-18-14/h4-10H,1-3H3,(H,19,21). The van der Waals surface area contributed by atoms with E-state index < -0.39 is 0 Å². The topological polar surface area (TPSA) is 70.5 Å². The average Bonchev–Trinajstić information content (AvgIpc) is 2.55. The number of nitrogens with one attached hydrogen (secondary N) is 1. The van der Waals surface area contributed by atoms with Gasteiger partial charge in [-0.2, -0.15) is 0 Å². The Morgan fingerprint density at radius 1 is 1.24 bits per heavy atom. The third kappa shape index (κ3) is 3.62. The number of nitrogens with zero attached hydrogens (tertiary/aromatic N) is 4. The first-order chi connectivity index (χ1) is 10.1. The summed E-state index contributed by atoms with van der Waals surface area (Å²) in [5.74, 6) is 0.651. The van der Waals surface area contributed by atoms with Gasteiger partial charge in [-0.1, -0.05) is 0 Å². The lowest BCUT2D eigenvalue weighted by Gasteiger charge is -2.18. The first kappa shape index (κ1) is 14.6. The maximum Gasteiger partial charge on any atom is 0.274 e. The molecule has 0 aliphatic rings. The van der Waals surface area contributed by atoms with Crippen LogP contribution < -0.4 is 10.2 Å². The highest BCUT2D eigenvalue weighted by atomic mass is 16.1. The Kier molecular flexibility index (Phi) is 4.61. The number of rotatable bonds is 3. The molecule has 0 saturated heterocycles. The predicted octanol–water partition coefficient (Wildman–Crippen LogP) is 2.21. The van der Waals surface area contributed by atoms with Gasteiger partial charge >= 0.3 is 0 Å². The number of aliphatic imine (C=N–C) groups is 1. The van der Waals surface area contributed by atoms with Crippen molar-refractivity contribution < 1.29 is 4.79 Å². The van der Waals surface area contributed by atoms with Gasteiger partial charge in [0.05, 0.1) is 5.84 Å². The van der Waals surface area contributed by atoms with Crippen molar-refractivity contribution in [2.24, 2.45) is 4.99 Å². The number of amides is 1. The number of anilines is 2. The number of benzene rings is 1. The Labute approximate surface area is 123 Å². The molecule has 0 aliphatic carbocycles. The number of carbonyl (C=O) groups is 1. The van der Waals surface area contributed by atoms with E-state index in [1.54, 1.807) is 13.1 Å².